The molecule has 18 heavy (non-hydrogen) atoms. The average Bonchev–Trinajstić information content (AvgIpc) is 2.41. The monoisotopic (exact) mass is 262 g/mol. The molecule has 0 atom stereocenters. The third-order valence-corrected chi connectivity index (χ3v) is 3.16. The molecule has 4 heteroatoms. The lowest BCUT2D eigenvalue weighted by Gasteiger charge is -2.06. The van der Waals surface area contributed by atoms with E-state index in [4.69, 9.17) is 4.55 Å². The summed E-state index contributed by atoms with van der Waals surface area (Å²) >= 11 is 0. The topological polar surface area (TPSA) is 54.4 Å². The Bertz CT molecular complexity index is 604. The molecule has 0 aliphatic rings. The quantitative estimate of drug-likeness (QED) is 0.666. The van der Waals surface area contributed by atoms with E-state index in [0.29, 0.717) is 5.56 Å². The zero-order chi connectivity index (χ0) is 13.6. The molecule has 0 aromatic heterocycles. The highest BCUT2D eigenvalue weighted by atomic mass is 32.2. The summed E-state index contributed by atoms with van der Waals surface area (Å²) in [7, 11) is -4.18. The Morgan fingerprint density at radius 2 is 1.33 bits per heavy atom. The predicted octanol–water partition coefficient (Wildman–Crippen LogP) is 3.40. The molecular formula is C14H14O3S. The highest BCUT2D eigenvalue weighted by Gasteiger charge is 2.15. The standard InChI is InChI=1S/C12H10O3S.C2H4/c13-16(14,15)12-9-5-4-8-11(12)10-6-2-1-3-7-10;1-2/h1-9H,(H,13,14,15);1-2H2. The Morgan fingerprint density at radius 1 is 0.833 bits per heavy atom. The van der Waals surface area contributed by atoms with Gasteiger partial charge in [-0.3, -0.25) is 4.55 Å². The minimum atomic E-state index is -4.18. The van der Waals surface area contributed by atoms with Crippen molar-refractivity contribution in [2.24, 2.45) is 0 Å². The van der Waals surface area contributed by atoms with Gasteiger partial charge in [0.2, 0.25) is 0 Å². The molecule has 0 fully saturated rings. The number of hydrogen-bond acceptors (Lipinski definition) is 2. The maximum atomic E-state index is 11.2. The lowest BCUT2D eigenvalue weighted by molar-refractivity contribution is 0.483. The number of hydrogen-bond donors (Lipinski definition) is 1. The van der Waals surface area contributed by atoms with E-state index in [2.05, 4.69) is 13.2 Å². The van der Waals surface area contributed by atoms with Gasteiger partial charge in [0.1, 0.15) is 4.90 Å². The van der Waals surface area contributed by atoms with Gasteiger partial charge >= 0.3 is 0 Å². The SMILES string of the molecule is C=C.O=S(=O)(O)c1ccccc1-c1ccccc1. The van der Waals surface area contributed by atoms with Crippen LogP contribution < -0.4 is 0 Å². The first-order chi connectivity index (χ1) is 8.59. The Balaban J connectivity index is 0.000000771. The minimum absolute atomic E-state index is 0.0683. The van der Waals surface area contributed by atoms with Gasteiger partial charge in [-0.2, -0.15) is 8.42 Å². The molecule has 3 nitrogen and oxygen atoms in total. The van der Waals surface area contributed by atoms with Crippen LogP contribution in [0.4, 0.5) is 0 Å². The van der Waals surface area contributed by atoms with Gasteiger partial charge in [0.15, 0.2) is 0 Å². The van der Waals surface area contributed by atoms with Crippen LogP contribution in [-0.2, 0) is 10.1 Å². The van der Waals surface area contributed by atoms with Crippen LogP contribution in [0.2, 0.25) is 0 Å². The van der Waals surface area contributed by atoms with Crippen molar-refractivity contribution in [3.8, 4) is 11.1 Å². The molecule has 0 saturated carbocycles. The Kier molecular flexibility index (Phi) is 4.83. The fraction of sp³-hybridized carbons (Fsp3) is 0. The highest BCUT2D eigenvalue weighted by molar-refractivity contribution is 7.86. The summed E-state index contributed by atoms with van der Waals surface area (Å²) in [6.07, 6.45) is 0. The van der Waals surface area contributed by atoms with E-state index in [1.807, 2.05) is 18.2 Å². The summed E-state index contributed by atoms with van der Waals surface area (Å²) in [5.41, 5.74) is 1.27. The minimum Gasteiger partial charge on any atom is -0.282 e. The van der Waals surface area contributed by atoms with E-state index >= 15 is 0 Å². The second-order valence-electron chi connectivity index (χ2n) is 3.34. The summed E-state index contributed by atoms with van der Waals surface area (Å²) in [5.74, 6) is 0. The first-order valence-corrected chi connectivity index (χ1v) is 6.65. The lowest BCUT2D eigenvalue weighted by atomic mass is 10.1. The summed E-state index contributed by atoms with van der Waals surface area (Å²) in [6, 6.07) is 15.4. The fourth-order valence-corrected chi connectivity index (χ4v) is 2.26. The smallest absolute Gasteiger partial charge is 0.282 e. The number of benzene rings is 2. The third-order valence-electron chi connectivity index (χ3n) is 2.25. The zero-order valence-electron chi connectivity index (χ0n) is 9.78. The van der Waals surface area contributed by atoms with E-state index in [9.17, 15) is 8.42 Å². The van der Waals surface area contributed by atoms with E-state index in [0.717, 1.165) is 5.56 Å². The normalized spacial score (nSPS) is 10.3. The second-order valence-corrected chi connectivity index (χ2v) is 4.73. The molecule has 1 N–H and O–H groups in total. The lowest BCUT2D eigenvalue weighted by Crippen LogP contribution is -2.00. The van der Waals surface area contributed by atoms with Crippen molar-refractivity contribution >= 4 is 10.1 Å². The maximum Gasteiger partial charge on any atom is 0.295 e. The molecule has 0 unspecified atom stereocenters. The fourth-order valence-electron chi connectivity index (χ4n) is 1.55. The van der Waals surface area contributed by atoms with Crippen LogP contribution in [0.25, 0.3) is 11.1 Å². The molecule has 0 radical (unpaired) electrons. The highest BCUT2D eigenvalue weighted by Crippen LogP contribution is 2.26. The van der Waals surface area contributed by atoms with Gasteiger partial charge in [0.05, 0.1) is 0 Å². The third kappa shape index (κ3) is 3.29. The summed E-state index contributed by atoms with van der Waals surface area (Å²) in [6.45, 7) is 6.00. The van der Waals surface area contributed by atoms with Crippen molar-refractivity contribution < 1.29 is 13.0 Å². The number of rotatable bonds is 2. The van der Waals surface area contributed by atoms with Gasteiger partial charge in [-0.05, 0) is 11.6 Å². The second kappa shape index (κ2) is 6.14. The van der Waals surface area contributed by atoms with Crippen LogP contribution in [0.15, 0.2) is 72.7 Å². The van der Waals surface area contributed by atoms with Gasteiger partial charge in [0.25, 0.3) is 10.1 Å². The van der Waals surface area contributed by atoms with Gasteiger partial charge in [0, 0.05) is 5.56 Å². The van der Waals surface area contributed by atoms with E-state index in [1.54, 1.807) is 30.3 Å². The maximum absolute atomic E-state index is 11.2. The van der Waals surface area contributed by atoms with Crippen LogP contribution >= 0.6 is 0 Å². The van der Waals surface area contributed by atoms with Crippen LogP contribution in [0, 0.1) is 0 Å². The Labute approximate surface area is 107 Å². The largest absolute Gasteiger partial charge is 0.295 e. The molecule has 94 valence electrons. The van der Waals surface area contributed by atoms with Crippen LogP contribution in [0.1, 0.15) is 0 Å². The van der Waals surface area contributed by atoms with Gasteiger partial charge in [-0.15, -0.1) is 13.2 Å². The first-order valence-electron chi connectivity index (χ1n) is 5.21. The molecule has 0 amide bonds. The summed E-state index contributed by atoms with van der Waals surface area (Å²) < 4.78 is 31.5. The molecular weight excluding hydrogens is 248 g/mol. The predicted molar refractivity (Wildman–Crippen MR) is 72.9 cm³/mol. The Hall–Kier alpha value is -1.91. The molecule has 0 saturated heterocycles. The van der Waals surface area contributed by atoms with Gasteiger partial charge in [-0.25, -0.2) is 0 Å². The van der Waals surface area contributed by atoms with Crippen LogP contribution in [0.5, 0.6) is 0 Å². The van der Waals surface area contributed by atoms with Crippen molar-refractivity contribution in [2.75, 3.05) is 0 Å². The van der Waals surface area contributed by atoms with Crippen LogP contribution in [-0.4, -0.2) is 13.0 Å². The van der Waals surface area contributed by atoms with E-state index in [1.165, 1.54) is 6.07 Å². The van der Waals surface area contributed by atoms with Crippen molar-refractivity contribution in [3.63, 3.8) is 0 Å². The molecule has 2 aromatic carbocycles. The first kappa shape index (κ1) is 14.2. The van der Waals surface area contributed by atoms with Crippen molar-refractivity contribution in [2.45, 2.75) is 4.90 Å². The van der Waals surface area contributed by atoms with Gasteiger partial charge < -0.3 is 0 Å². The molecule has 2 aromatic rings. The molecule has 0 heterocycles. The molecule has 0 spiro atoms. The van der Waals surface area contributed by atoms with E-state index < -0.39 is 10.1 Å². The van der Waals surface area contributed by atoms with Crippen LogP contribution in [0.3, 0.4) is 0 Å². The van der Waals surface area contributed by atoms with Crippen molar-refractivity contribution in [3.05, 3.63) is 67.8 Å². The van der Waals surface area contributed by atoms with Crippen molar-refractivity contribution in [1.29, 1.82) is 0 Å². The molecule has 2 rings (SSSR count). The van der Waals surface area contributed by atoms with Crippen molar-refractivity contribution in [1.82, 2.24) is 0 Å². The summed E-state index contributed by atoms with van der Waals surface area (Å²) in [4.78, 5) is -0.0683. The average molecular weight is 262 g/mol. The zero-order valence-corrected chi connectivity index (χ0v) is 10.6. The molecule has 0 bridgehead atoms. The van der Waals surface area contributed by atoms with Gasteiger partial charge in [-0.1, -0.05) is 48.5 Å². The van der Waals surface area contributed by atoms with E-state index in [-0.39, 0.29) is 4.90 Å². The Morgan fingerprint density at radius 3 is 1.89 bits per heavy atom. The molecule has 0 aliphatic heterocycles. The molecule has 0 aliphatic carbocycles. The summed E-state index contributed by atoms with van der Waals surface area (Å²) in [5, 5.41) is 0.